The summed E-state index contributed by atoms with van der Waals surface area (Å²) in [4.78, 5) is 0. The van der Waals surface area contributed by atoms with Crippen molar-refractivity contribution in [3.63, 3.8) is 0 Å². The van der Waals surface area contributed by atoms with Crippen molar-refractivity contribution in [3.8, 4) is 11.5 Å². The highest BCUT2D eigenvalue weighted by Crippen LogP contribution is 2.31. The summed E-state index contributed by atoms with van der Waals surface area (Å²) >= 11 is 0. The molecule has 0 aliphatic carbocycles. The Kier molecular flexibility index (Phi) is 6.58. The molecule has 3 nitrogen and oxygen atoms in total. The van der Waals surface area contributed by atoms with E-state index in [-0.39, 0.29) is 0 Å². The van der Waals surface area contributed by atoms with Gasteiger partial charge in [0, 0.05) is 11.6 Å². The van der Waals surface area contributed by atoms with E-state index in [9.17, 15) is 0 Å². The molecular weight excluding hydrogens is 226 g/mol. The van der Waals surface area contributed by atoms with Gasteiger partial charge in [0.15, 0.2) is 0 Å². The molecule has 18 heavy (non-hydrogen) atoms. The second-order valence-electron chi connectivity index (χ2n) is 4.40. The van der Waals surface area contributed by atoms with Gasteiger partial charge in [-0.25, -0.2) is 0 Å². The fourth-order valence-electron chi connectivity index (χ4n) is 2.09. The van der Waals surface area contributed by atoms with Gasteiger partial charge in [-0.2, -0.15) is 0 Å². The lowest BCUT2D eigenvalue weighted by molar-refractivity contribution is 0.385. The van der Waals surface area contributed by atoms with Crippen LogP contribution in [-0.2, 0) is 0 Å². The molecule has 0 aromatic heterocycles. The molecule has 1 unspecified atom stereocenters. The SMILES string of the molecule is CCCNC(CCC)c1cc(OC)ccc1OC. The topological polar surface area (TPSA) is 30.5 Å². The van der Waals surface area contributed by atoms with Crippen molar-refractivity contribution >= 4 is 0 Å². The summed E-state index contributed by atoms with van der Waals surface area (Å²) in [5.74, 6) is 1.81. The molecule has 0 spiro atoms. The van der Waals surface area contributed by atoms with Crippen molar-refractivity contribution < 1.29 is 9.47 Å². The van der Waals surface area contributed by atoms with E-state index in [1.165, 1.54) is 5.56 Å². The van der Waals surface area contributed by atoms with E-state index >= 15 is 0 Å². The predicted molar refractivity (Wildman–Crippen MR) is 75.5 cm³/mol. The molecular formula is C15H25NO2. The molecule has 0 radical (unpaired) electrons. The van der Waals surface area contributed by atoms with Crippen molar-refractivity contribution in [1.29, 1.82) is 0 Å². The first kappa shape index (κ1) is 14.8. The fraction of sp³-hybridized carbons (Fsp3) is 0.600. The largest absolute Gasteiger partial charge is 0.497 e. The highest BCUT2D eigenvalue weighted by Gasteiger charge is 2.15. The quantitative estimate of drug-likeness (QED) is 0.766. The van der Waals surface area contributed by atoms with Gasteiger partial charge in [0.2, 0.25) is 0 Å². The van der Waals surface area contributed by atoms with Gasteiger partial charge >= 0.3 is 0 Å². The molecule has 0 heterocycles. The minimum absolute atomic E-state index is 0.333. The van der Waals surface area contributed by atoms with Crippen LogP contribution in [0.15, 0.2) is 18.2 Å². The van der Waals surface area contributed by atoms with Crippen LogP contribution in [0.5, 0.6) is 11.5 Å². The van der Waals surface area contributed by atoms with Crippen LogP contribution in [0.25, 0.3) is 0 Å². The first-order valence-corrected chi connectivity index (χ1v) is 6.72. The zero-order valence-corrected chi connectivity index (χ0v) is 12.0. The average molecular weight is 251 g/mol. The van der Waals surface area contributed by atoms with Gasteiger partial charge in [-0.15, -0.1) is 0 Å². The van der Waals surface area contributed by atoms with Gasteiger partial charge < -0.3 is 14.8 Å². The number of nitrogens with one attached hydrogen (secondary N) is 1. The summed E-state index contributed by atoms with van der Waals surface area (Å²) in [6.07, 6.45) is 3.37. The van der Waals surface area contributed by atoms with Gasteiger partial charge in [0.25, 0.3) is 0 Å². The lowest BCUT2D eigenvalue weighted by atomic mass is 10.0. The molecule has 0 fully saturated rings. The molecule has 0 bridgehead atoms. The van der Waals surface area contributed by atoms with Crippen LogP contribution < -0.4 is 14.8 Å². The summed E-state index contributed by atoms with van der Waals surface area (Å²) in [6.45, 7) is 5.40. The van der Waals surface area contributed by atoms with Crippen molar-refractivity contribution in [2.24, 2.45) is 0 Å². The molecule has 3 heteroatoms. The Bertz CT molecular complexity index is 352. The lowest BCUT2D eigenvalue weighted by Gasteiger charge is -2.21. The number of hydrogen-bond donors (Lipinski definition) is 1. The maximum atomic E-state index is 5.46. The zero-order valence-electron chi connectivity index (χ0n) is 12.0. The Labute approximate surface area is 110 Å². The third-order valence-corrected chi connectivity index (χ3v) is 3.03. The van der Waals surface area contributed by atoms with Crippen LogP contribution in [0, 0.1) is 0 Å². The van der Waals surface area contributed by atoms with Crippen molar-refractivity contribution in [2.75, 3.05) is 20.8 Å². The van der Waals surface area contributed by atoms with E-state index in [0.717, 1.165) is 37.3 Å². The first-order chi connectivity index (χ1) is 8.76. The number of methoxy groups -OCH3 is 2. The van der Waals surface area contributed by atoms with Crippen LogP contribution in [0.3, 0.4) is 0 Å². The molecule has 102 valence electrons. The Balaban J connectivity index is 2.98. The van der Waals surface area contributed by atoms with Crippen LogP contribution >= 0.6 is 0 Å². The minimum atomic E-state index is 0.333. The molecule has 1 N–H and O–H groups in total. The molecule has 1 aromatic rings. The van der Waals surface area contributed by atoms with E-state index in [1.54, 1.807) is 14.2 Å². The molecule has 1 rings (SSSR count). The summed E-state index contributed by atoms with van der Waals surface area (Å²) in [5, 5.41) is 3.58. The monoisotopic (exact) mass is 251 g/mol. The Morgan fingerprint density at radius 3 is 2.44 bits per heavy atom. The summed E-state index contributed by atoms with van der Waals surface area (Å²) in [5.41, 5.74) is 1.19. The number of ether oxygens (including phenoxy) is 2. The summed E-state index contributed by atoms with van der Waals surface area (Å²) in [6, 6.07) is 6.32. The Morgan fingerprint density at radius 1 is 1.11 bits per heavy atom. The first-order valence-electron chi connectivity index (χ1n) is 6.72. The molecule has 0 saturated carbocycles. The van der Waals surface area contributed by atoms with Crippen molar-refractivity contribution in [3.05, 3.63) is 23.8 Å². The molecule has 0 saturated heterocycles. The summed E-state index contributed by atoms with van der Waals surface area (Å²) in [7, 11) is 3.41. The maximum absolute atomic E-state index is 5.46. The normalized spacial score (nSPS) is 12.2. The van der Waals surface area contributed by atoms with Gasteiger partial charge in [-0.05, 0) is 37.6 Å². The van der Waals surface area contributed by atoms with Crippen LogP contribution in [0.4, 0.5) is 0 Å². The maximum Gasteiger partial charge on any atom is 0.123 e. The minimum Gasteiger partial charge on any atom is -0.497 e. The standard InChI is InChI=1S/C15H25NO2/c1-5-7-14(16-10-6-2)13-11-12(17-3)8-9-15(13)18-4/h8-9,11,14,16H,5-7,10H2,1-4H3. The smallest absolute Gasteiger partial charge is 0.123 e. The van der Waals surface area contributed by atoms with E-state index < -0.39 is 0 Å². The van der Waals surface area contributed by atoms with Crippen LogP contribution in [0.1, 0.15) is 44.7 Å². The lowest BCUT2D eigenvalue weighted by Crippen LogP contribution is -2.22. The van der Waals surface area contributed by atoms with Gasteiger partial charge in [0.05, 0.1) is 14.2 Å². The summed E-state index contributed by atoms with van der Waals surface area (Å²) < 4.78 is 10.8. The predicted octanol–water partition coefficient (Wildman–Crippen LogP) is 3.54. The highest BCUT2D eigenvalue weighted by molar-refractivity contribution is 5.42. The molecule has 1 atom stereocenters. The average Bonchev–Trinajstić information content (AvgIpc) is 2.42. The van der Waals surface area contributed by atoms with E-state index in [0.29, 0.717) is 6.04 Å². The third-order valence-electron chi connectivity index (χ3n) is 3.03. The van der Waals surface area contributed by atoms with Crippen LogP contribution in [0.2, 0.25) is 0 Å². The van der Waals surface area contributed by atoms with Gasteiger partial charge in [-0.3, -0.25) is 0 Å². The molecule has 0 amide bonds. The number of benzene rings is 1. The second kappa shape index (κ2) is 7.98. The van der Waals surface area contributed by atoms with E-state index in [4.69, 9.17) is 9.47 Å². The van der Waals surface area contributed by atoms with Gasteiger partial charge in [0.1, 0.15) is 11.5 Å². The molecule has 0 aliphatic rings. The van der Waals surface area contributed by atoms with E-state index in [1.807, 2.05) is 12.1 Å². The number of rotatable bonds is 8. The Hall–Kier alpha value is -1.22. The number of hydrogen-bond acceptors (Lipinski definition) is 3. The van der Waals surface area contributed by atoms with Crippen molar-refractivity contribution in [1.82, 2.24) is 5.32 Å². The highest BCUT2D eigenvalue weighted by atomic mass is 16.5. The molecule has 0 aliphatic heterocycles. The fourth-order valence-corrected chi connectivity index (χ4v) is 2.09. The Morgan fingerprint density at radius 2 is 1.89 bits per heavy atom. The van der Waals surface area contributed by atoms with E-state index in [2.05, 4.69) is 25.2 Å². The molecule has 1 aromatic carbocycles. The second-order valence-corrected chi connectivity index (χ2v) is 4.40. The van der Waals surface area contributed by atoms with Crippen molar-refractivity contribution in [2.45, 2.75) is 39.2 Å². The zero-order chi connectivity index (χ0) is 13.4. The van der Waals surface area contributed by atoms with Gasteiger partial charge in [-0.1, -0.05) is 20.3 Å². The van der Waals surface area contributed by atoms with Crippen LogP contribution in [-0.4, -0.2) is 20.8 Å². The third kappa shape index (κ3) is 3.91.